The molecule has 124 valence electrons. The summed E-state index contributed by atoms with van der Waals surface area (Å²) in [5.41, 5.74) is 0.611. The van der Waals surface area contributed by atoms with Crippen molar-refractivity contribution >= 4 is 29.0 Å². The maximum atomic E-state index is 12.3. The Balaban J connectivity index is 2.02. The van der Waals surface area contributed by atoms with Gasteiger partial charge >= 0.3 is 5.69 Å². The van der Waals surface area contributed by atoms with Crippen LogP contribution in [0.25, 0.3) is 0 Å². The summed E-state index contributed by atoms with van der Waals surface area (Å²) < 4.78 is 5.11. The number of ether oxygens (including phenoxy) is 1. The number of aromatic hydroxyl groups is 1. The fourth-order valence-electron chi connectivity index (χ4n) is 2.57. The minimum Gasteiger partial charge on any atom is -0.502 e. The van der Waals surface area contributed by atoms with Crippen molar-refractivity contribution in [1.82, 2.24) is 0 Å². The predicted molar refractivity (Wildman–Crippen MR) is 90.4 cm³/mol. The summed E-state index contributed by atoms with van der Waals surface area (Å²) in [6, 6.07) is 11.3. The van der Waals surface area contributed by atoms with E-state index in [1.807, 2.05) is 0 Å². The first-order valence-electron chi connectivity index (χ1n) is 7.07. The van der Waals surface area contributed by atoms with Crippen LogP contribution in [-0.2, 0) is 4.79 Å². The highest BCUT2D eigenvalue weighted by atomic mass is 32.2. The number of nitro groups is 1. The standard InChI is InChI=1S/C16H14N2O5S/c1-23-11-7-5-10(6-8-11)17-14(19)9-24-16(17)12-3-2-4-13(15(12)20)18(21)22/h2-8,16,20H,9H2,1H3. The molecule has 1 amide bonds. The number of methoxy groups -OCH3 is 1. The lowest BCUT2D eigenvalue weighted by Gasteiger charge is -2.24. The van der Waals surface area contributed by atoms with Crippen LogP contribution in [0, 0.1) is 10.1 Å². The Hall–Kier alpha value is -2.74. The summed E-state index contributed by atoms with van der Waals surface area (Å²) in [5.74, 6) is 0.362. The van der Waals surface area contributed by atoms with Gasteiger partial charge in [-0.3, -0.25) is 19.8 Å². The summed E-state index contributed by atoms with van der Waals surface area (Å²) >= 11 is 1.31. The van der Waals surface area contributed by atoms with Crippen LogP contribution in [0.5, 0.6) is 11.5 Å². The Labute approximate surface area is 142 Å². The number of amides is 1. The van der Waals surface area contributed by atoms with E-state index in [2.05, 4.69) is 0 Å². The van der Waals surface area contributed by atoms with Gasteiger partial charge in [0.05, 0.1) is 17.8 Å². The Morgan fingerprint density at radius 3 is 2.62 bits per heavy atom. The highest BCUT2D eigenvalue weighted by Gasteiger charge is 2.37. The Morgan fingerprint density at radius 2 is 2.00 bits per heavy atom. The molecule has 7 nitrogen and oxygen atoms in total. The molecule has 0 aromatic heterocycles. The second-order valence-corrected chi connectivity index (χ2v) is 6.17. The summed E-state index contributed by atoms with van der Waals surface area (Å²) in [5, 5.41) is 20.7. The monoisotopic (exact) mass is 346 g/mol. The highest BCUT2D eigenvalue weighted by molar-refractivity contribution is 8.00. The molecule has 1 aliphatic rings. The number of hydrogen-bond donors (Lipinski definition) is 1. The molecule has 1 fully saturated rings. The van der Waals surface area contributed by atoms with E-state index in [1.54, 1.807) is 37.4 Å². The smallest absolute Gasteiger partial charge is 0.311 e. The van der Waals surface area contributed by atoms with Crippen molar-refractivity contribution in [3.8, 4) is 11.5 Å². The van der Waals surface area contributed by atoms with Crippen molar-refractivity contribution in [3.63, 3.8) is 0 Å². The molecule has 24 heavy (non-hydrogen) atoms. The molecule has 0 aliphatic carbocycles. The lowest BCUT2D eigenvalue weighted by atomic mass is 10.1. The van der Waals surface area contributed by atoms with Crippen molar-refractivity contribution in [3.05, 3.63) is 58.1 Å². The molecule has 1 N–H and O–H groups in total. The Bertz CT molecular complexity index is 794. The van der Waals surface area contributed by atoms with Crippen molar-refractivity contribution in [1.29, 1.82) is 0 Å². The summed E-state index contributed by atoms with van der Waals surface area (Å²) in [6.45, 7) is 0. The van der Waals surface area contributed by atoms with Crippen molar-refractivity contribution in [2.45, 2.75) is 5.37 Å². The number of thioether (sulfide) groups is 1. The minimum atomic E-state index is -0.641. The molecule has 1 atom stereocenters. The number of para-hydroxylation sites is 1. The Morgan fingerprint density at radius 1 is 1.29 bits per heavy atom. The van der Waals surface area contributed by atoms with Gasteiger partial charge in [0.25, 0.3) is 0 Å². The zero-order valence-corrected chi connectivity index (χ0v) is 13.5. The third-order valence-electron chi connectivity index (χ3n) is 3.73. The average Bonchev–Trinajstić information content (AvgIpc) is 2.96. The van der Waals surface area contributed by atoms with Crippen molar-refractivity contribution < 1.29 is 19.6 Å². The molecule has 0 radical (unpaired) electrons. The van der Waals surface area contributed by atoms with Gasteiger partial charge in [0.2, 0.25) is 11.7 Å². The number of phenolic OH excluding ortho intramolecular Hbond substituents is 1. The number of benzene rings is 2. The van der Waals surface area contributed by atoms with E-state index in [0.717, 1.165) is 0 Å². The fourth-order valence-corrected chi connectivity index (χ4v) is 3.77. The van der Waals surface area contributed by atoms with Gasteiger partial charge in [-0.2, -0.15) is 0 Å². The molecule has 3 rings (SSSR count). The van der Waals surface area contributed by atoms with Gasteiger partial charge < -0.3 is 9.84 Å². The average molecular weight is 346 g/mol. The van der Waals surface area contributed by atoms with Crippen LogP contribution < -0.4 is 9.64 Å². The largest absolute Gasteiger partial charge is 0.502 e. The van der Waals surface area contributed by atoms with E-state index in [4.69, 9.17) is 4.74 Å². The predicted octanol–water partition coefficient (Wildman–Crippen LogP) is 3.09. The third-order valence-corrected chi connectivity index (χ3v) is 4.92. The second-order valence-electron chi connectivity index (χ2n) is 5.10. The number of rotatable bonds is 4. The number of carbonyl (C=O) groups is 1. The van der Waals surface area contributed by atoms with Gasteiger partial charge in [-0.15, -0.1) is 11.8 Å². The van der Waals surface area contributed by atoms with E-state index in [-0.39, 0.29) is 17.3 Å². The van der Waals surface area contributed by atoms with Gasteiger partial charge in [-0.05, 0) is 24.3 Å². The lowest BCUT2D eigenvalue weighted by Crippen LogP contribution is -2.27. The molecule has 0 bridgehead atoms. The quantitative estimate of drug-likeness (QED) is 0.675. The summed E-state index contributed by atoms with van der Waals surface area (Å²) in [7, 11) is 1.55. The van der Waals surface area contributed by atoms with E-state index >= 15 is 0 Å². The minimum absolute atomic E-state index is 0.124. The van der Waals surface area contributed by atoms with Crippen LogP contribution in [0.15, 0.2) is 42.5 Å². The SMILES string of the molecule is COc1ccc(N2C(=O)CSC2c2cccc([N+](=O)[O-])c2O)cc1. The molecule has 1 unspecified atom stereocenters. The van der Waals surface area contributed by atoms with Crippen molar-refractivity contribution in [2.24, 2.45) is 0 Å². The summed E-state index contributed by atoms with van der Waals surface area (Å²) in [6.07, 6.45) is 0. The van der Waals surface area contributed by atoms with E-state index in [9.17, 15) is 20.0 Å². The molecule has 0 spiro atoms. The van der Waals surface area contributed by atoms with Gasteiger partial charge in [-0.25, -0.2) is 0 Å². The first-order chi connectivity index (χ1) is 11.5. The van der Waals surface area contributed by atoms with Crippen LogP contribution in [0.1, 0.15) is 10.9 Å². The zero-order chi connectivity index (χ0) is 17.3. The van der Waals surface area contributed by atoms with Crippen LogP contribution in [0.4, 0.5) is 11.4 Å². The first kappa shape index (κ1) is 16.1. The van der Waals surface area contributed by atoms with Crippen LogP contribution >= 0.6 is 11.8 Å². The molecule has 1 saturated heterocycles. The van der Waals surface area contributed by atoms with Gasteiger partial charge in [0, 0.05) is 17.3 Å². The number of anilines is 1. The fraction of sp³-hybridized carbons (Fsp3) is 0.188. The molecule has 2 aromatic carbocycles. The molecule has 2 aromatic rings. The molecule has 1 aliphatic heterocycles. The first-order valence-corrected chi connectivity index (χ1v) is 8.12. The summed E-state index contributed by atoms with van der Waals surface area (Å²) in [4.78, 5) is 24.2. The van der Waals surface area contributed by atoms with Crippen molar-refractivity contribution in [2.75, 3.05) is 17.8 Å². The number of nitro benzene ring substituents is 1. The molecule has 1 heterocycles. The lowest BCUT2D eigenvalue weighted by molar-refractivity contribution is -0.385. The Kier molecular flexibility index (Phi) is 4.30. The maximum Gasteiger partial charge on any atom is 0.311 e. The molecular weight excluding hydrogens is 332 g/mol. The van der Waals surface area contributed by atoms with Crippen LogP contribution in [0.3, 0.4) is 0 Å². The number of hydrogen-bond acceptors (Lipinski definition) is 6. The zero-order valence-electron chi connectivity index (χ0n) is 12.7. The van der Waals surface area contributed by atoms with Gasteiger partial charge in [0.1, 0.15) is 11.1 Å². The van der Waals surface area contributed by atoms with E-state index in [1.165, 1.54) is 28.8 Å². The van der Waals surface area contributed by atoms with Crippen LogP contribution in [0.2, 0.25) is 0 Å². The number of phenols is 1. The normalized spacial score (nSPS) is 17.1. The molecule has 8 heteroatoms. The number of carbonyl (C=O) groups excluding carboxylic acids is 1. The van der Waals surface area contributed by atoms with Crippen LogP contribution in [-0.4, -0.2) is 28.8 Å². The third kappa shape index (κ3) is 2.76. The topological polar surface area (TPSA) is 92.9 Å². The second kappa shape index (κ2) is 6.40. The molecular formula is C16H14N2O5S. The maximum absolute atomic E-state index is 12.3. The van der Waals surface area contributed by atoms with E-state index < -0.39 is 16.0 Å². The molecule has 0 saturated carbocycles. The van der Waals surface area contributed by atoms with Gasteiger partial charge in [0.15, 0.2) is 0 Å². The van der Waals surface area contributed by atoms with E-state index in [0.29, 0.717) is 17.0 Å². The number of nitrogens with zero attached hydrogens (tertiary/aromatic N) is 2. The van der Waals surface area contributed by atoms with Gasteiger partial charge in [-0.1, -0.05) is 12.1 Å². The highest BCUT2D eigenvalue weighted by Crippen LogP contribution is 2.46.